The monoisotopic (exact) mass is 224 g/mol. The summed E-state index contributed by atoms with van der Waals surface area (Å²) in [5, 5.41) is 17.3. The lowest BCUT2D eigenvalue weighted by Crippen LogP contribution is -2.06. The lowest BCUT2D eigenvalue weighted by Gasteiger charge is -2.03. The minimum atomic E-state index is -0.998. The van der Waals surface area contributed by atoms with Crippen molar-refractivity contribution in [2.24, 2.45) is 0 Å². The summed E-state index contributed by atoms with van der Waals surface area (Å²) in [7, 11) is 0. The second-order valence-electron chi connectivity index (χ2n) is 2.88. The number of fused-ring (bicyclic) bond motifs is 1. The molecule has 78 valence electrons. The Morgan fingerprint density at radius 1 is 1.53 bits per heavy atom. The first-order valence-corrected chi connectivity index (χ1v) is 5.35. The number of aromatic nitrogens is 4. The van der Waals surface area contributed by atoms with Crippen molar-refractivity contribution in [2.45, 2.75) is 12.1 Å². The first-order valence-electron chi connectivity index (χ1n) is 4.13. The van der Waals surface area contributed by atoms with E-state index in [-0.39, 0.29) is 5.56 Å². The SMILES string of the molecule is CSc1nnc2ncc(C(=O)O)c(C)n12. The summed E-state index contributed by atoms with van der Waals surface area (Å²) in [4.78, 5) is 14.8. The molecule has 7 heteroatoms. The van der Waals surface area contributed by atoms with Crippen LogP contribution in [0.15, 0.2) is 11.4 Å². The van der Waals surface area contributed by atoms with Crippen LogP contribution in [0, 0.1) is 6.92 Å². The van der Waals surface area contributed by atoms with E-state index < -0.39 is 5.97 Å². The van der Waals surface area contributed by atoms with Gasteiger partial charge in [0, 0.05) is 11.9 Å². The normalized spacial score (nSPS) is 10.8. The minimum absolute atomic E-state index is 0.164. The van der Waals surface area contributed by atoms with Gasteiger partial charge in [0.2, 0.25) is 0 Å². The van der Waals surface area contributed by atoms with Crippen molar-refractivity contribution in [3.05, 3.63) is 17.5 Å². The van der Waals surface area contributed by atoms with E-state index in [2.05, 4.69) is 15.2 Å². The zero-order valence-corrected chi connectivity index (χ0v) is 8.95. The Labute approximate surface area is 89.4 Å². The summed E-state index contributed by atoms with van der Waals surface area (Å²) in [6, 6.07) is 0. The Balaban J connectivity index is 2.80. The summed E-state index contributed by atoms with van der Waals surface area (Å²) in [5.41, 5.74) is 0.749. The number of aryl methyl sites for hydroxylation is 1. The van der Waals surface area contributed by atoms with E-state index in [1.807, 2.05) is 6.26 Å². The van der Waals surface area contributed by atoms with Crippen molar-refractivity contribution in [1.29, 1.82) is 0 Å². The molecule has 0 saturated carbocycles. The Morgan fingerprint density at radius 3 is 2.87 bits per heavy atom. The van der Waals surface area contributed by atoms with E-state index in [1.165, 1.54) is 18.0 Å². The Kier molecular flexibility index (Phi) is 2.31. The molecular formula is C8H8N4O2S. The molecule has 2 rings (SSSR count). The van der Waals surface area contributed by atoms with E-state index in [0.717, 1.165) is 0 Å². The van der Waals surface area contributed by atoms with Crippen molar-refractivity contribution < 1.29 is 9.90 Å². The van der Waals surface area contributed by atoms with Crippen molar-refractivity contribution in [2.75, 3.05) is 6.26 Å². The van der Waals surface area contributed by atoms with Gasteiger partial charge >= 0.3 is 5.97 Å². The maximum Gasteiger partial charge on any atom is 0.339 e. The van der Waals surface area contributed by atoms with E-state index in [1.54, 1.807) is 11.3 Å². The fourth-order valence-electron chi connectivity index (χ4n) is 1.32. The number of rotatable bonds is 2. The summed E-state index contributed by atoms with van der Waals surface area (Å²) < 4.78 is 1.63. The lowest BCUT2D eigenvalue weighted by atomic mass is 10.2. The largest absolute Gasteiger partial charge is 0.478 e. The molecule has 0 bridgehead atoms. The van der Waals surface area contributed by atoms with Crippen LogP contribution >= 0.6 is 11.8 Å². The second kappa shape index (κ2) is 3.50. The number of carboxylic acids is 1. The molecule has 0 aromatic carbocycles. The highest BCUT2D eigenvalue weighted by Gasteiger charge is 2.14. The molecule has 2 heterocycles. The van der Waals surface area contributed by atoms with Gasteiger partial charge in [0.1, 0.15) is 0 Å². The molecule has 0 aliphatic carbocycles. The van der Waals surface area contributed by atoms with E-state index in [0.29, 0.717) is 16.6 Å². The smallest absolute Gasteiger partial charge is 0.339 e. The molecule has 15 heavy (non-hydrogen) atoms. The van der Waals surface area contributed by atoms with Crippen LogP contribution in [-0.2, 0) is 0 Å². The molecule has 2 aromatic rings. The molecule has 0 aliphatic rings. The Bertz CT molecular complexity index is 537. The van der Waals surface area contributed by atoms with Crippen molar-refractivity contribution in [3.63, 3.8) is 0 Å². The molecule has 1 N–H and O–H groups in total. The van der Waals surface area contributed by atoms with Crippen LogP contribution in [0.5, 0.6) is 0 Å². The zero-order valence-electron chi connectivity index (χ0n) is 8.13. The fraction of sp³-hybridized carbons (Fsp3) is 0.250. The zero-order chi connectivity index (χ0) is 11.0. The minimum Gasteiger partial charge on any atom is -0.478 e. The predicted octanol–water partition coefficient (Wildman–Crippen LogP) is 0.853. The fourth-order valence-corrected chi connectivity index (χ4v) is 1.84. The number of hydrogen-bond acceptors (Lipinski definition) is 5. The second-order valence-corrected chi connectivity index (χ2v) is 3.66. The van der Waals surface area contributed by atoms with Crippen LogP contribution in [-0.4, -0.2) is 36.9 Å². The average Bonchev–Trinajstić information content (AvgIpc) is 2.61. The maximum absolute atomic E-state index is 10.9. The van der Waals surface area contributed by atoms with Gasteiger partial charge in [0.05, 0.1) is 5.56 Å². The highest BCUT2D eigenvalue weighted by Crippen LogP contribution is 2.16. The van der Waals surface area contributed by atoms with Crippen LogP contribution in [0.1, 0.15) is 16.1 Å². The Hall–Kier alpha value is -1.63. The van der Waals surface area contributed by atoms with Crippen molar-refractivity contribution in [1.82, 2.24) is 19.6 Å². The molecule has 2 aromatic heterocycles. The maximum atomic E-state index is 10.9. The van der Waals surface area contributed by atoms with Gasteiger partial charge < -0.3 is 5.11 Å². The number of aromatic carboxylic acids is 1. The number of thioether (sulfide) groups is 1. The van der Waals surface area contributed by atoms with Crippen molar-refractivity contribution >= 4 is 23.5 Å². The highest BCUT2D eigenvalue weighted by atomic mass is 32.2. The van der Waals surface area contributed by atoms with Crippen LogP contribution in [0.3, 0.4) is 0 Å². The lowest BCUT2D eigenvalue weighted by molar-refractivity contribution is 0.0695. The highest BCUT2D eigenvalue weighted by molar-refractivity contribution is 7.98. The standard InChI is InChI=1S/C8H8N4O2S/c1-4-5(6(13)14)3-9-7-10-11-8(15-2)12(4)7/h3H,1-2H3,(H,13,14). The molecule has 0 saturated heterocycles. The van der Waals surface area contributed by atoms with Gasteiger partial charge in [-0.25, -0.2) is 9.78 Å². The number of carbonyl (C=O) groups is 1. The van der Waals surface area contributed by atoms with Crippen LogP contribution in [0.25, 0.3) is 5.78 Å². The Morgan fingerprint density at radius 2 is 2.27 bits per heavy atom. The number of hydrogen-bond donors (Lipinski definition) is 1. The molecule has 0 unspecified atom stereocenters. The van der Waals surface area contributed by atoms with E-state index >= 15 is 0 Å². The van der Waals surface area contributed by atoms with Crippen molar-refractivity contribution in [3.8, 4) is 0 Å². The summed E-state index contributed by atoms with van der Waals surface area (Å²) in [6.45, 7) is 1.71. The van der Waals surface area contributed by atoms with Gasteiger partial charge in [0.15, 0.2) is 5.16 Å². The van der Waals surface area contributed by atoms with Gasteiger partial charge in [-0.2, -0.15) is 0 Å². The first kappa shape index (κ1) is 9.91. The quantitative estimate of drug-likeness (QED) is 0.762. The number of nitrogens with zero attached hydrogens (tertiary/aromatic N) is 4. The van der Waals surface area contributed by atoms with Gasteiger partial charge in [-0.05, 0) is 13.2 Å². The first-order chi connectivity index (χ1) is 7.15. The topological polar surface area (TPSA) is 80.4 Å². The van der Waals surface area contributed by atoms with Crippen LogP contribution in [0.2, 0.25) is 0 Å². The summed E-state index contributed by atoms with van der Waals surface area (Å²) in [5.74, 6) is -0.579. The molecule has 0 atom stereocenters. The third kappa shape index (κ3) is 1.44. The molecule has 0 amide bonds. The van der Waals surface area contributed by atoms with E-state index in [4.69, 9.17) is 5.11 Å². The van der Waals surface area contributed by atoms with Crippen LogP contribution in [0.4, 0.5) is 0 Å². The molecular weight excluding hydrogens is 216 g/mol. The van der Waals surface area contributed by atoms with Gasteiger partial charge in [-0.15, -0.1) is 10.2 Å². The third-order valence-electron chi connectivity index (χ3n) is 2.06. The molecule has 0 aliphatic heterocycles. The van der Waals surface area contributed by atoms with E-state index in [9.17, 15) is 4.79 Å². The molecule has 6 nitrogen and oxygen atoms in total. The molecule has 0 spiro atoms. The van der Waals surface area contributed by atoms with Crippen LogP contribution < -0.4 is 0 Å². The summed E-state index contributed by atoms with van der Waals surface area (Å²) in [6.07, 6.45) is 3.15. The predicted molar refractivity (Wildman–Crippen MR) is 54.3 cm³/mol. The molecule has 0 radical (unpaired) electrons. The summed E-state index contributed by atoms with van der Waals surface area (Å²) >= 11 is 1.40. The van der Waals surface area contributed by atoms with Gasteiger partial charge in [-0.1, -0.05) is 11.8 Å². The van der Waals surface area contributed by atoms with Gasteiger partial charge in [0.25, 0.3) is 5.78 Å². The number of carboxylic acid groups (broad SMARTS) is 1. The van der Waals surface area contributed by atoms with Gasteiger partial charge in [-0.3, -0.25) is 4.40 Å². The third-order valence-corrected chi connectivity index (χ3v) is 2.69. The molecule has 0 fully saturated rings. The average molecular weight is 224 g/mol.